The van der Waals surface area contributed by atoms with Crippen molar-refractivity contribution in [3.8, 4) is 5.75 Å². The maximum absolute atomic E-state index is 12.3. The van der Waals surface area contributed by atoms with E-state index >= 15 is 0 Å². The Hall–Kier alpha value is -2.79. The lowest BCUT2D eigenvalue weighted by molar-refractivity contribution is -0.135. The zero-order valence-corrected chi connectivity index (χ0v) is 12.9. The van der Waals surface area contributed by atoms with Crippen LogP contribution in [0.5, 0.6) is 5.75 Å². The summed E-state index contributed by atoms with van der Waals surface area (Å²) < 4.78 is 5.29. The number of carbonyl (C=O) groups is 1. The number of hydrogen-bond acceptors (Lipinski definition) is 5. The first-order valence-corrected chi connectivity index (χ1v) is 7.36. The molecule has 3 rings (SSSR count). The van der Waals surface area contributed by atoms with Gasteiger partial charge in [0, 0.05) is 6.20 Å². The molecule has 23 heavy (non-hydrogen) atoms. The molecule has 0 radical (unpaired) electrons. The van der Waals surface area contributed by atoms with E-state index < -0.39 is 11.9 Å². The molecular formula is C17H14ClN3O2. The molecule has 0 aromatic heterocycles. The Labute approximate surface area is 138 Å². The van der Waals surface area contributed by atoms with Crippen LogP contribution in [0.25, 0.3) is 0 Å². The molecule has 2 aromatic carbocycles. The van der Waals surface area contributed by atoms with Crippen LogP contribution in [0.4, 0.5) is 5.69 Å². The lowest BCUT2D eigenvalue weighted by Gasteiger charge is -2.22. The largest absolute Gasteiger partial charge is 0.424 e. The van der Waals surface area contributed by atoms with Gasteiger partial charge in [-0.25, -0.2) is 5.01 Å². The molecule has 2 N–H and O–H groups in total. The number of amidine groups is 1. The Morgan fingerprint density at radius 2 is 1.83 bits per heavy atom. The van der Waals surface area contributed by atoms with E-state index in [0.29, 0.717) is 10.8 Å². The number of carbonyl (C=O) groups excluding carboxylic acids is 1. The van der Waals surface area contributed by atoms with Crippen LogP contribution in [0, 0.1) is 5.92 Å². The first kappa shape index (κ1) is 15.1. The molecule has 2 aromatic rings. The highest BCUT2D eigenvalue weighted by atomic mass is 35.5. The first-order valence-electron chi connectivity index (χ1n) is 6.98. The number of para-hydroxylation sites is 2. The number of nitrogens with two attached hydrogens (primary N) is 1. The van der Waals surface area contributed by atoms with Crippen LogP contribution >= 0.6 is 11.6 Å². The second-order valence-corrected chi connectivity index (χ2v) is 5.28. The van der Waals surface area contributed by atoms with Crippen molar-refractivity contribution < 1.29 is 9.53 Å². The molecule has 0 aliphatic carbocycles. The highest BCUT2D eigenvalue weighted by molar-refractivity contribution is 6.32. The number of hydrogen-bond donors (Lipinski definition) is 1. The molecule has 5 nitrogen and oxygen atoms in total. The molecule has 1 unspecified atom stereocenters. The summed E-state index contributed by atoms with van der Waals surface area (Å²) in [6.07, 6.45) is 3.33. The van der Waals surface area contributed by atoms with Crippen molar-refractivity contribution in [2.45, 2.75) is 0 Å². The molecule has 0 saturated heterocycles. The number of rotatable bonds is 3. The summed E-state index contributed by atoms with van der Waals surface area (Å²) in [5.41, 5.74) is 6.77. The second-order valence-electron chi connectivity index (χ2n) is 4.88. The number of esters is 1. The molecule has 1 aliphatic rings. The molecule has 0 bridgehead atoms. The third-order valence-electron chi connectivity index (χ3n) is 3.28. The van der Waals surface area contributed by atoms with Gasteiger partial charge < -0.3 is 10.5 Å². The van der Waals surface area contributed by atoms with Gasteiger partial charge >= 0.3 is 5.97 Å². The first-order chi connectivity index (χ1) is 11.1. The van der Waals surface area contributed by atoms with E-state index in [0.717, 1.165) is 5.69 Å². The van der Waals surface area contributed by atoms with Crippen molar-refractivity contribution in [2.24, 2.45) is 16.8 Å². The van der Waals surface area contributed by atoms with Crippen molar-refractivity contribution >= 4 is 29.1 Å². The van der Waals surface area contributed by atoms with Gasteiger partial charge in [0.05, 0.1) is 10.7 Å². The minimum absolute atomic E-state index is 0.161. The van der Waals surface area contributed by atoms with Gasteiger partial charge in [0.15, 0.2) is 0 Å². The smallest absolute Gasteiger partial charge is 0.326 e. The lowest BCUT2D eigenvalue weighted by Crippen LogP contribution is -2.36. The van der Waals surface area contributed by atoms with Gasteiger partial charge in [-0.3, -0.25) is 4.79 Å². The van der Waals surface area contributed by atoms with Crippen LogP contribution in [-0.4, -0.2) is 11.8 Å². The summed E-state index contributed by atoms with van der Waals surface area (Å²) >= 11 is 5.98. The zero-order chi connectivity index (χ0) is 16.2. The maximum Gasteiger partial charge on any atom is 0.326 e. The van der Waals surface area contributed by atoms with Crippen molar-refractivity contribution in [2.75, 3.05) is 5.01 Å². The van der Waals surface area contributed by atoms with Crippen molar-refractivity contribution in [3.63, 3.8) is 0 Å². The van der Waals surface area contributed by atoms with Gasteiger partial charge in [-0.1, -0.05) is 41.9 Å². The number of anilines is 1. The summed E-state index contributed by atoms with van der Waals surface area (Å²) in [6, 6.07) is 16.2. The SMILES string of the molecule is NC1=NN(c2ccccc2)C=CC1C(=O)Oc1ccccc1Cl. The Kier molecular flexibility index (Phi) is 4.30. The van der Waals surface area contributed by atoms with E-state index in [2.05, 4.69) is 5.10 Å². The van der Waals surface area contributed by atoms with E-state index in [1.165, 1.54) is 0 Å². The number of hydrazone groups is 1. The summed E-state index contributed by atoms with van der Waals surface area (Å²) in [6.45, 7) is 0. The molecule has 0 fully saturated rings. The van der Waals surface area contributed by atoms with E-state index in [-0.39, 0.29) is 5.84 Å². The van der Waals surface area contributed by atoms with Crippen molar-refractivity contribution in [1.82, 2.24) is 0 Å². The maximum atomic E-state index is 12.3. The van der Waals surface area contributed by atoms with E-state index in [1.807, 2.05) is 30.3 Å². The number of benzene rings is 2. The summed E-state index contributed by atoms with van der Waals surface area (Å²) in [5.74, 6) is -0.811. The zero-order valence-electron chi connectivity index (χ0n) is 12.1. The minimum Gasteiger partial charge on any atom is -0.424 e. The van der Waals surface area contributed by atoms with Crippen LogP contribution in [0.3, 0.4) is 0 Å². The van der Waals surface area contributed by atoms with Crippen molar-refractivity contribution in [1.29, 1.82) is 0 Å². The van der Waals surface area contributed by atoms with Gasteiger partial charge in [-0.05, 0) is 30.3 Å². The highest BCUT2D eigenvalue weighted by Gasteiger charge is 2.26. The van der Waals surface area contributed by atoms with E-state index in [9.17, 15) is 4.79 Å². The Morgan fingerprint density at radius 1 is 1.13 bits per heavy atom. The van der Waals surface area contributed by atoms with E-state index in [4.69, 9.17) is 22.1 Å². The standard InChI is InChI=1S/C17H14ClN3O2/c18-14-8-4-5-9-15(14)23-17(22)13-10-11-21(20-16(13)19)12-6-2-1-3-7-12/h1-11,13H,(H2,19,20). The fraction of sp³-hybridized carbons (Fsp3) is 0.0588. The predicted molar refractivity (Wildman–Crippen MR) is 90.3 cm³/mol. The Morgan fingerprint density at radius 3 is 2.52 bits per heavy atom. The number of ether oxygens (including phenoxy) is 1. The van der Waals surface area contributed by atoms with Gasteiger partial charge in [0.1, 0.15) is 17.5 Å². The molecule has 1 atom stereocenters. The topological polar surface area (TPSA) is 67.9 Å². The lowest BCUT2D eigenvalue weighted by atomic mass is 10.1. The van der Waals surface area contributed by atoms with Crippen molar-refractivity contribution in [3.05, 3.63) is 71.9 Å². The highest BCUT2D eigenvalue weighted by Crippen LogP contribution is 2.25. The molecular weight excluding hydrogens is 314 g/mol. The summed E-state index contributed by atoms with van der Waals surface area (Å²) in [7, 11) is 0. The monoisotopic (exact) mass is 327 g/mol. The quantitative estimate of drug-likeness (QED) is 0.694. The van der Waals surface area contributed by atoms with Crippen LogP contribution in [0.1, 0.15) is 0 Å². The average Bonchev–Trinajstić information content (AvgIpc) is 2.57. The second kappa shape index (κ2) is 6.54. The fourth-order valence-corrected chi connectivity index (χ4v) is 2.28. The normalized spacial score (nSPS) is 16.8. The van der Waals surface area contributed by atoms with Gasteiger partial charge in [0.25, 0.3) is 0 Å². The molecule has 1 heterocycles. The number of halogens is 1. The molecule has 0 amide bonds. The molecule has 0 spiro atoms. The van der Waals surface area contributed by atoms with Gasteiger partial charge in [-0.2, -0.15) is 5.10 Å². The van der Waals surface area contributed by atoms with Crippen LogP contribution < -0.4 is 15.5 Å². The van der Waals surface area contributed by atoms with Crippen LogP contribution in [0.2, 0.25) is 5.02 Å². The molecule has 116 valence electrons. The van der Waals surface area contributed by atoms with Crippen LogP contribution in [-0.2, 0) is 4.79 Å². The Bertz CT molecular complexity index is 774. The molecule has 6 heteroatoms. The third kappa shape index (κ3) is 3.35. The Balaban J connectivity index is 1.74. The number of nitrogens with zero attached hydrogens (tertiary/aromatic N) is 2. The molecule has 0 saturated carbocycles. The molecule has 1 aliphatic heterocycles. The van der Waals surface area contributed by atoms with Crippen LogP contribution in [0.15, 0.2) is 72.0 Å². The van der Waals surface area contributed by atoms with E-state index in [1.54, 1.807) is 41.6 Å². The summed E-state index contributed by atoms with van der Waals surface area (Å²) in [5, 5.41) is 6.19. The predicted octanol–water partition coefficient (Wildman–Crippen LogP) is 3.17. The fourth-order valence-electron chi connectivity index (χ4n) is 2.11. The summed E-state index contributed by atoms with van der Waals surface area (Å²) in [4.78, 5) is 12.3. The minimum atomic E-state index is -0.744. The van der Waals surface area contributed by atoms with Gasteiger partial charge in [-0.15, -0.1) is 0 Å². The average molecular weight is 328 g/mol. The third-order valence-corrected chi connectivity index (χ3v) is 3.60. The van der Waals surface area contributed by atoms with Gasteiger partial charge in [0.2, 0.25) is 0 Å².